The molecule has 0 radical (unpaired) electrons. The van der Waals surface area contributed by atoms with Gasteiger partial charge in [0.15, 0.2) is 0 Å². The molecule has 3 rings (SSSR count). The Bertz CT molecular complexity index is 875. The first kappa shape index (κ1) is 19.9. The Labute approximate surface area is 159 Å². The molecule has 1 aliphatic heterocycles. The number of carbonyl (C=O) groups is 2. The van der Waals surface area contributed by atoms with E-state index in [2.05, 4.69) is 10.3 Å². The van der Waals surface area contributed by atoms with Crippen molar-refractivity contribution in [2.75, 3.05) is 18.4 Å². The maximum atomic E-state index is 13.1. The zero-order valence-electron chi connectivity index (χ0n) is 15.5. The number of nitrogens with zero attached hydrogens (tertiary/aromatic N) is 2. The van der Waals surface area contributed by atoms with Gasteiger partial charge >= 0.3 is 6.18 Å². The van der Waals surface area contributed by atoms with E-state index in [0.29, 0.717) is 18.7 Å². The number of pyridine rings is 1. The first-order valence-electron chi connectivity index (χ1n) is 8.85. The number of nitrogens with one attached hydrogen (secondary N) is 1. The number of halogens is 3. The quantitative estimate of drug-likeness (QED) is 0.858. The molecule has 0 saturated carbocycles. The number of piperidine rings is 1. The lowest BCUT2D eigenvalue weighted by atomic mass is 9.96. The van der Waals surface area contributed by atoms with Crippen LogP contribution in [0.3, 0.4) is 0 Å². The molecule has 0 bridgehead atoms. The third kappa shape index (κ3) is 4.35. The number of alkyl halides is 3. The lowest BCUT2D eigenvalue weighted by Crippen LogP contribution is -2.44. The smallest absolute Gasteiger partial charge is 0.450 e. The molecule has 3 heterocycles. The molecule has 2 aromatic rings. The number of furan rings is 1. The number of amides is 2. The highest BCUT2D eigenvalue weighted by Crippen LogP contribution is 2.35. The maximum absolute atomic E-state index is 13.1. The van der Waals surface area contributed by atoms with E-state index in [4.69, 9.17) is 4.42 Å². The van der Waals surface area contributed by atoms with Gasteiger partial charge < -0.3 is 14.6 Å². The van der Waals surface area contributed by atoms with Crippen molar-refractivity contribution >= 4 is 17.6 Å². The number of hydrogen-bond acceptors (Lipinski definition) is 4. The minimum atomic E-state index is -4.76. The van der Waals surface area contributed by atoms with Crippen molar-refractivity contribution < 1.29 is 27.2 Å². The summed E-state index contributed by atoms with van der Waals surface area (Å²) in [6, 6.07) is 4.56. The van der Waals surface area contributed by atoms with Gasteiger partial charge in [-0.25, -0.2) is 4.98 Å². The van der Waals surface area contributed by atoms with E-state index < -0.39 is 29.3 Å². The van der Waals surface area contributed by atoms with Crippen molar-refractivity contribution in [2.45, 2.75) is 32.9 Å². The van der Waals surface area contributed by atoms with Gasteiger partial charge in [-0.1, -0.05) is 6.07 Å². The lowest BCUT2D eigenvalue weighted by Gasteiger charge is -2.32. The second-order valence-corrected chi connectivity index (χ2v) is 6.90. The summed E-state index contributed by atoms with van der Waals surface area (Å²) in [5.74, 6) is -2.52. The van der Waals surface area contributed by atoms with Crippen molar-refractivity contribution in [2.24, 2.45) is 5.92 Å². The standard InChI is InChI=1S/C19H20F3N3O3/c1-11-5-6-15(23-9-11)24-17(26)13-4-3-7-25(10-13)18(27)14-8-12(2)28-16(14)19(20,21)22/h5-6,8-9,13H,3-4,7,10H2,1-2H3,(H,23,24,26). The fourth-order valence-corrected chi connectivity index (χ4v) is 3.20. The van der Waals surface area contributed by atoms with Gasteiger partial charge in [0.1, 0.15) is 11.6 Å². The Morgan fingerprint density at radius 2 is 2.04 bits per heavy atom. The number of rotatable bonds is 3. The molecule has 1 N–H and O–H groups in total. The summed E-state index contributed by atoms with van der Waals surface area (Å²) in [5.41, 5.74) is 0.426. The molecular formula is C19H20F3N3O3. The average Bonchev–Trinajstić information content (AvgIpc) is 3.05. The highest BCUT2D eigenvalue weighted by atomic mass is 19.4. The number of aromatic nitrogens is 1. The summed E-state index contributed by atoms with van der Waals surface area (Å²) in [4.78, 5) is 30.5. The van der Waals surface area contributed by atoms with Crippen LogP contribution in [-0.4, -0.2) is 34.8 Å². The molecule has 0 aliphatic carbocycles. The molecule has 0 spiro atoms. The van der Waals surface area contributed by atoms with Crippen LogP contribution in [-0.2, 0) is 11.0 Å². The first-order valence-corrected chi connectivity index (χ1v) is 8.85. The van der Waals surface area contributed by atoms with Gasteiger partial charge in [-0.05, 0) is 44.4 Å². The Balaban J connectivity index is 1.72. The SMILES string of the molecule is Cc1ccc(NC(=O)C2CCCN(C(=O)c3cc(C)oc3C(F)(F)F)C2)nc1. The van der Waals surface area contributed by atoms with E-state index in [1.165, 1.54) is 11.8 Å². The van der Waals surface area contributed by atoms with Crippen LogP contribution in [0.2, 0.25) is 0 Å². The molecule has 9 heteroatoms. The molecule has 1 unspecified atom stereocenters. The molecule has 150 valence electrons. The topological polar surface area (TPSA) is 75.4 Å². The third-order valence-electron chi connectivity index (χ3n) is 4.59. The zero-order valence-corrected chi connectivity index (χ0v) is 15.5. The monoisotopic (exact) mass is 395 g/mol. The number of hydrogen-bond donors (Lipinski definition) is 1. The van der Waals surface area contributed by atoms with E-state index in [0.717, 1.165) is 11.6 Å². The molecule has 1 fully saturated rings. The molecule has 1 atom stereocenters. The van der Waals surface area contributed by atoms with Crippen molar-refractivity contribution in [3.63, 3.8) is 0 Å². The highest BCUT2D eigenvalue weighted by Gasteiger charge is 2.41. The van der Waals surface area contributed by atoms with Gasteiger partial charge in [0, 0.05) is 19.3 Å². The summed E-state index contributed by atoms with van der Waals surface area (Å²) in [5, 5.41) is 2.69. The van der Waals surface area contributed by atoms with Gasteiger partial charge in [0.05, 0.1) is 11.5 Å². The Hall–Kier alpha value is -2.84. The Morgan fingerprint density at radius 1 is 1.29 bits per heavy atom. The molecule has 1 aliphatic rings. The van der Waals surface area contributed by atoms with Gasteiger partial charge in [-0.3, -0.25) is 9.59 Å². The van der Waals surface area contributed by atoms with Crippen LogP contribution >= 0.6 is 0 Å². The van der Waals surface area contributed by atoms with E-state index in [-0.39, 0.29) is 24.8 Å². The second kappa shape index (κ2) is 7.65. The normalized spacial score (nSPS) is 17.5. The Morgan fingerprint density at radius 3 is 2.68 bits per heavy atom. The molecule has 0 aromatic carbocycles. The number of aryl methyl sites for hydroxylation is 2. The largest absolute Gasteiger partial charge is 0.456 e. The molecule has 2 aromatic heterocycles. The van der Waals surface area contributed by atoms with Crippen LogP contribution in [0.25, 0.3) is 0 Å². The second-order valence-electron chi connectivity index (χ2n) is 6.90. The summed E-state index contributed by atoms with van der Waals surface area (Å²) >= 11 is 0. The zero-order chi connectivity index (χ0) is 20.5. The lowest BCUT2D eigenvalue weighted by molar-refractivity contribution is -0.153. The number of likely N-dealkylation sites (tertiary alicyclic amines) is 1. The highest BCUT2D eigenvalue weighted by molar-refractivity contribution is 5.97. The number of carbonyl (C=O) groups excluding carboxylic acids is 2. The molecule has 28 heavy (non-hydrogen) atoms. The average molecular weight is 395 g/mol. The van der Waals surface area contributed by atoms with Crippen molar-refractivity contribution in [3.8, 4) is 0 Å². The summed E-state index contributed by atoms with van der Waals surface area (Å²) in [6.45, 7) is 3.55. The maximum Gasteiger partial charge on any atom is 0.450 e. The number of anilines is 1. The molecule has 1 saturated heterocycles. The molecular weight excluding hydrogens is 375 g/mol. The van der Waals surface area contributed by atoms with E-state index in [9.17, 15) is 22.8 Å². The van der Waals surface area contributed by atoms with Gasteiger partial charge in [-0.15, -0.1) is 0 Å². The van der Waals surface area contributed by atoms with Crippen LogP contribution in [0.4, 0.5) is 19.0 Å². The van der Waals surface area contributed by atoms with E-state index >= 15 is 0 Å². The van der Waals surface area contributed by atoms with Gasteiger partial charge in [0.2, 0.25) is 11.7 Å². The summed E-state index contributed by atoms with van der Waals surface area (Å²) < 4.78 is 44.1. The van der Waals surface area contributed by atoms with Crippen LogP contribution in [0.15, 0.2) is 28.8 Å². The van der Waals surface area contributed by atoms with Crippen LogP contribution in [0.1, 0.15) is 40.3 Å². The minimum Gasteiger partial charge on any atom is -0.456 e. The van der Waals surface area contributed by atoms with Crippen LogP contribution < -0.4 is 5.32 Å². The van der Waals surface area contributed by atoms with Gasteiger partial charge in [-0.2, -0.15) is 13.2 Å². The molecule has 6 nitrogen and oxygen atoms in total. The minimum absolute atomic E-state index is 0.00687. The van der Waals surface area contributed by atoms with Crippen molar-refractivity contribution in [1.82, 2.24) is 9.88 Å². The predicted octanol–water partition coefficient (Wildman–Crippen LogP) is 3.80. The van der Waals surface area contributed by atoms with Crippen molar-refractivity contribution in [3.05, 3.63) is 47.0 Å². The van der Waals surface area contributed by atoms with E-state index in [1.54, 1.807) is 18.3 Å². The van der Waals surface area contributed by atoms with Crippen LogP contribution in [0, 0.1) is 19.8 Å². The molecule has 2 amide bonds. The van der Waals surface area contributed by atoms with Gasteiger partial charge in [0.25, 0.3) is 5.91 Å². The van der Waals surface area contributed by atoms with Crippen molar-refractivity contribution in [1.29, 1.82) is 0 Å². The Kier molecular flexibility index (Phi) is 5.44. The van der Waals surface area contributed by atoms with E-state index in [1.807, 2.05) is 6.92 Å². The fraction of sp³-hybridized carbons (Fsp3) is 0.421. The first-order chi connectivity index (χ1) is 13.1. The third-order valence-corrected chi connectivity index (χ3v) is 4.59. The summed E-state index contributed by atoms with van der Waals surface area (Å²) in [6.07, 6.45) is -2.09. The summed E-state index contributed by atoms with van der Waals surface area (Å²) in [7, 11) is 0. The predicted molar refractivity (Wildman–Crippen MR) is 94.7 cm³/mol. The van der Waals surface area contributed by atoms with Crippen LogP contribution in [0.5, 0.6) is 0 Å². The fourth-order valence-electron chi connectivity index (χ4n) is 3.20.